The Bertz CT molecular complexity index is 615. The van der Waals surface area contributed by atoms with Gasteiger partial charge in [-0.3, -0.25) is 9.69 Å². The number of nitrogens with one attached hydrogen (secondary N) is 1. The third-order valence-corrected chi connectivity index (χ3v) is 3.48. The summed E-state index contributed by atoms with van der Waals surface area (Å²) in [5.74, 6) is -0.777. The van der Waals surface area contributed by atoms with Crippen molar-refractivity contribution in [3.05, 3.63) is 23.8 Å². The van der Waals surface area contributed by atoms with E-state index in [4.69, 9.17) is 10.5 Å². The molecule has 102 valence electrons. The molecule has 2 N–H and O–H groups in total. The lowest BCUT2D eigenvalue weighted by molar-refractivity contribution is -0.119. The molecule has 6 heteroatoms. The number of carbonyl (C=O) groups is 1. The number of benzene rings is 1. The standard InChI is InChI=1S/C14H14N4O2/c1-18-8-10(5-11(18)7-16)14(20)17-12-4-2-3-9(6-15)13(12)19/h2-4,10-11,19H,5,8H2,1H3,(H,17,20). The van der Waals surface area contributed by atoms with Gasteiger partial charge < -0.3 is 10.4 Å². The second-order valence-corrected chi connectivity index (χ2v) is 4.82. The van der Waals surface area contributed by atoms with Gasteiger partial charge in [-0.2, -0.15) is 10.5 Å². The Balaban J connectivity index is 2.11. The van der Waals surface area contributed by atoms with Gasteiger partial charge in [-0.25, -0.2) is 0 Å². The molecule has 1 aromatic rings. The highest BCUT2D eigenvalue weighted by Crippen LogP contribution is 2.29. The molecule has 6 nitrogen and oxygen atoms in total. The molecule has 1 heterocycles. The van der Waals surface area contributed by atoms with E-state index < -0.39 is 0 Å². The van der Waals surface area contributed by atoms with Gasteiger partial charge in [0.25, 0.3) is 0 Å². The minimum absolute atomic E-state index is 0.112. The zero-order valence-electron chi connectivity index (χ0n) is 11.0. The topological polar surface area (TPSA) is 100 Å². The fourth-order valence-corrected chi connectivity index (χ4v) is 2.31. The van der Waals surface area contributed by atoms with Crippen molar-refractivity contribution >= 4 is 11.6 Å². The van der Waals surface area contributed by atoms with E-state index in [1.54, 1.807) is 13.1 Å². The largest absolute Gasteiger partial charge is 0.504 e. The van der Waals surface area contributed by atoms with E-state index in [0.717, 1.165) is 0 Å². The maximum absolute atomic E-state index is 12.1. The van der Waals surface area contributed by atoms with Crippen LogP contribution in [0.25, 0.3) is 0 Å². The number of aromatic hydroxyl groups is 1. The summed E-state index contributed by atoms with van der Waals surface area (Å²) in [4.78, 5) is 14.0. The molecule has 1 saturated heterocycles. The highest BCUT2D eigenvalue weighted by Gasteiger charge is 2.34. The van der Waals surface area contributed by atoms with Crippen molar-refractivity contribution in [3.8, 4) is 17.9 Å². The second kappa shape index (κ2) is 5.60. The Morgan fingerprint density at radius 1 is 1.50 bits per heavy atom. The van der Waals surface area contributed by atoms with Crippen LogP contribution in [0.2, 0.25) is 0 Å². The first-order valence-corrected chi connectivity index (χ1v) is 6.19. The Labute approximate surface area is 116 Å². The molecule has 2 atom stereocenters. The van der Waals surface area contributed by atoms with Crippen LogP contribution >= 0.6 is 0 Å². The van der Waals surface area contributed by atoms with Gasteiger partial charge in [-0.1, -0.05) is 6.07 Å². The number of anilines is 1. The van der Waals surface area contributed by atoms with E-state index in [-0.39, 0.29) is 34.9 Å². The van der Waals surface area contributed by atoms with Crippen LogP contribution < -0.4 is 5.32 Å². The smallest absolute Gasteiger partial charge is 0.228 e. The van der Waals surface area contributed by atoms with E-state index in [1.807, 2.05) is 11.0 Å². The number of para-hydroxylation sites is 1. The molecule has 1 aliphatic heterocycles. The lowest BCUT2D eigenvalue weighted by atomic mass is 10.0. The van der Waals surface area contributed by atoms with Gasteiger partial charge in [-0.15, -0.1) is 0 Å². The molecule has 0 saturated carbocycles. The first-order valence-electron chi connectivity index (χ1n) is 6.19. The molecular formula is C14H14N4O2. The van der Waals surface area contributed by atoms with Crippen LogP contribution in [0.15, 0.2) is 18.2 Å². The Kier molecular flexibility index (Phi) is 3.88. The number of likely N-dealkylation sites (tertiary alicyclic amines) is 1. The number of hydrogen-bond acceptors (Lipinski definition) is 5. The molecule has 0 spiro atoms. The minimum Gasteiger partial charge on any atom is -0.504 e. The van der Waals surface area contributed by atoms with Gasteiger partial charge in [0, 0.05) is 6.54 Å². The summed E-state index contributed by atoms with van der Waals surface area (Å²) in [7, 11) is 1.80. The monoisotopic (exact) mass is 270 g/mol. The SMILES string of the molecule is CN1CC(C(=O)Nc2cccc(C#N)c2O)CC1C#N. The van der Waals surface area contributed by atoms with Crippen LogP contribution in [0.4, 0.5) is 5.69 Å². The van der Waals surface area contributed by atoms with Crippen LogP contribution in [-0.4, -0.2) is 35.5 Å². The van der Waals surface area contributed by atoms with Crippen molar-refractivity contribution in [2.45, 2.75) is 12.5 Å². The molecule has 0 bridgehead atoms. The molecule has 0 radical (unpaired) electrons. The zero-order chi connectivity index (χ0) is 14.7. The molecule has 1 fully saturated rings. The number of rotatable bonds is 2. The van der Waals surface area contributed by atoms with E-state index in [2.05, 4.69) is 11.4 Å². The number of nitriles is 2. The normalized spacial score (nSPS) is 21.9. The summed E-state index contributed by atoms with van der Waals surface area (Å²) in [6.45, 7) is 0.503. The van der Waals surface area contributed by atoms with Crippen LogP contribution in [-0.2, 0) is 4.79 Å². The Morgan fingerprint density at radius 2 is 2.25 bits per heavy atom. The summed E-state index contributed by atoms with van der Waals surface area (Å²) in [5, 5.41) is 30.2. The highest BCUT2D eigenvalue weighted by molar-refractivity contribution is 5.94. The number of nitrogens with zero attached hydrogens (tertiary/aromatic N) is 3. The lowest BCUT2D eigenvalue weighted by Crippen LogP contribution is -2.26. The number of amides is 1. The van der Waals surface area contributed by atoms with E-state index >= 15 is 0 Å². The number of phenolic OH excluding ortho intramolecular Hbond substituents is 1. The first kappa shape index (κ1) is 13.9. The lowest BCUT2D eigenvalue weighted by Gasteiger charge is -2.12. The van der Waals surface area contributed by atoms with Crippen molar-refractivity contribution in [3.63, 3.8) is 0 Å². The van der Waals surface area contributed by atoms with Gasteiger partial charge in [0.15, 0.2) is 5.75 Å². The molecule has 1 amide bonds. The fourth-order valence-electron chi connectivity index (χ4n) is 2.31. The van der Waals surface area contributed by atoms with Gasteiger partial charge >= 0.3 is 0 Å². The van der Waals surface area contributed by atoms with Gasteiger partial charge in [0.05, 0.1) is 29.3 Å². The van der Waals surface area contributed by atoms with Crippen LogP contribution in [0.3, 0.4) is 0 Å². The van der Waals surface area contributed by atoms with Crippen molar-refractivity contribution < 1.29 is 9.90 Å². The minimum atomic E-state index is -0.296. The summed E-state index contributed by atoms with van der Waals surface area (Å²) in [6, 6.07) is 8.33. The number of hydrogen-bond donors (Lipinski definition) is 2. The van der Waals surface area contributed by atoms with E-state index in [0.29, 0.717) is 13.0 Å². The predicted octanol–water partition coefficient (Wildman–Crippen LogP) is 1.05. The average Bonchev–Trinajstić information content (AvgIpc) is 2.82. The molecular weight excluding hydrogens is 256 g/mol. The van der Waals surface area contributed by atoms with Crippen LogP contribution in [0, 0.1) is 28.6 Å². The van der Waals surface area contributed by atoms with Crippen molar-refractivity contribution in [1.82, 2.24) is 4.90 Å². The molecule has 1 aromatic carbocycles. The quantitative estimate of drug-likeness (QED) is 0.782. The number of phenols is 1. The highest BCUT2D eigenvalue weighted by atomic mass is 16.3. The van der Waals surface area contributed by atoms with Crippen molar-refractivity contribution in [2.75, 3.05) is 18.9 Å². The summed E-state index contributed by atoms with van der Waals surface area (Å²) in [5.41, 5.74) is 0.332. The maximum Gasteiger partial charge on any atom is 0.228 e. The molecule has 0 aliphatic carbocycles. The van der Waals surface area contributed by atoms with Gasteiger partial charge in [-0.05, 0) is 25.6 Å². The van der Waals surface area contributed by atoms with Crippen molar-refractivity contribution in [2.24, 2.45) is 5.92 Å². The molecule has 0 aromatic heterocycles. The zero-order valence-corrected chi connectivity index (χ0v) is 11.0. The third-order valence-electron chi connectivity index (χ3n) is 3.48. The summed E-state index contributed by atoms with van der Waals surface area (Å²) >= 11 is 0. The second-order valence-electron chi connectivity index (χ2n) is 4.82. The van der Waals surface area contributed by atoms with E-state index in [1.165, 1.54) is 12.1 Å². The number of carbonyl (C=O) groups excluding carboxylic acids is 1. The fraction of sp³-hybridized carbons (Fsp3) is 0.357. The third kappa shape index (κ3) is 2.56. The Hall–Kier alpha value is -2.57. The Morgan fingerprint density at radius 3 is 2.85 bits per heavy atom. The van der Waals surface area contributed by atoms with Gasteiger partial charge in [0.1, 0.15) is 6.07 Å². The average molecular weight is 270 g/mol. The summed E-state index contributed by atoms with van der Waals surface area (Å²) in [6.07, 6.45) is 0.470. The van der Waals surface area contributed by atoms with E-state index in [9.17, 15) is 9.90 Å². The molecule has 2 rings (SSSR count). The molecule has 2 unspecified atom stereocenters. The summed E-state index contributed by atoms with van der Waals surface area (Å²) < 4.78 is 0. The molecule has 20 heavy (non-hydrogen) atoms. The van der Waals surface area contributed by atoms with Gasteiger partial charge in [0.2, 0.25) is 5.91 Å². The van der Waals surface area contributed by atoms with Crippen molar-refractivity contribution in [1.29, 1.82) is 10.5 Å². The predicted molar refractivity (Wildman–Crippen MR) is 71.6 cm³/mol. The van der Waals surface area contributed by atoms with Crippen LogP contribution in [0.5, 0.6) is 5.75 Å². The molecule has 1 aliphatic rings. The van der Waals surface area contributed by atoms with Crippen LogP contribution in [0.1, 0.15) is 12.0 Å². The maximum atomic E-state index is 12.1. The first-order chi connectivity index (χ1) is 9.56.